The summed E-state index contributed by atoms with van der Waals surface area (Å²) in [7, 11) is 1.32. The van der Waals surface area contributed by atoms with Crippen LogP contribution < -0.4 is 4.74 Å². The second-order valence-electron chi connectivity index (χ2n) is 5.47. The Bertz CT molecular complexity index is 952. The van der Waals surface area contributed by atoms with Crippen LogP contribution in [-0.4, -0.2) is 28.1 Å². The van der Waals surface area contributed by atoms with Crippen molar-refractivity contribution < 1.29 is 23.7 Å². The molecule has 138 valence electrons. The third-order valence-electron chi connectivity index (χ3n) is 3.69. The van der Waals surface area contributed by atoms with E-state index in [1.807, 2.05) is 0 Å². The van der Waals surface area contributed by atoms with Gasteiger partial charge in [0.05, 0.1) is 18.5 Å². The van der Waals surface area contributed by atoms with Gasteiger partial charge in [0.15, 0.2) is 6.61 Å². The molecule has 1 heterocycles. The first-order chi connectivity index (χ1) is 13.1. The molecular weight excluding hydrogens is 354 g/mol. The van der Waals surface area contributed by atoms with Crippen molar-refractivity contribution in [3.8, 4) is 17.1 Å². The predicted molar refractivity (Wildman–Crippen MR) is 92.9 cm³/mol. The normalized spacial score (nSPS) is 10.4. The van der Waals surface area contributed by atoms with Crippen LogP contribution in [0.5, 0.6) is 5.75 Å². The number of aromatic nitrogens is 2. The first-order valence-corrected chi connectivity index (χ1v) is 7.91. The number of hydrogen-bond donors (Lipinski definition) is 0. The van der Waals surface area contributed by atoms with E-state index >= 15 is 0 Å². The number of ether oxygens (including phenoxy) is 2. The largest absolute Gasteiger partial charge is 0.483 e. The molecule has 0 saturated carbocycles. The zero-order valence-corrected chi connectivity index (χ0v) is 14.3. The lowest BCUT2D eigenvalue weighted by atomic mass is 10.1. The first-order valence-electron chi connectivity index (χ1n) is 7.91. The number of methoxy groups -OCH3 is 1. The number of nitro benzene ring substituents is 1. The number of nitrogens with zero attached hydrogens (tertiary/aromatic N) is 3. The van der Waals surface area contributed by atoms with Gasteiger partial charge >= 0.3 is 5.97 Å². The van der Waals surface area contributed by atoms with Gasteiger partial charge in [-0.15, -0.1) is 0 Å². The van der Waals surface area contributed by atoms with Crippen LogP contribution in [-0.2, 0) is 22.6 Å². The van der Waals surface area contributed by atoms with E-state index in [1.165, 1.54) is 19.2 Å². The van der Waals surface area contributed by atoms with E-state index in [4.69, 9.17) is 9.26 Å². The number of hydrogen-bond acceptors (Lipinski definition) is 8. The standard InChI is InChI=1S/C18H15N3O6/c1-25-17(22)10-13-4-2-3-5-15(13)26-11-16-19-18(20-27-16)12-6-8-14(9-7-12)21(23)24/h2-9H,10-11H2,1H3. The van der Waals surface area contributed by atoms with Gasteiger partial charge in [-0.2, -0.15) is 4.98 Å². The maximum absolute atomic E-state index is 11.5. The fraction of sp³-hybridized carbons (Fsp3) is 0.167. The summed E-state index contributed by atoms with van der Waals surface area (Å²) >= 11 is 0. The molecule has 0 fully saturated rings. The maximum Gasteiger partial charge on any atom is 0.310 e. The Balaban J connectivity index is 1.68. The first kappa shape index (κ1) is 18.1. The molecule has 0 spiro atoms. The third kappa shape index (κ3) is 4.46. The van der Waals surface area contributed by atoms with Crippen molar-refractivity contribution in [1.29, 1.82) is 0 Å². The molecule has 0 N–H and O–H groups in total. The van der Waals surface area contributed by atoms with Crippen molar-refractivity contribution in [3.63, 3.8) is 0 Å². The van der Waals surface area contributed by atoms with Gasteiger partial charge < -0.3 is 14.0 Å². The van der Waals surface area contributed by atoms with Gasteiger partial charge in [-0.25, -0.2) is 0 Å². The monoisotopic (exact) mass is 369 g/mol. The number of non-ortho nitro benzene ring substituents is 1. The molecule has 9 heteroatoms. The molecule has 0 amide bonds. The number of nitro groups is 1. The highest BCUT2D eigenvalue weighted by Crippen LogP contribution is 2.22. The Morgan fingerprint density at radius 3 is 2.63 bits per heavy atom. The zero-order chi connectivity index (χ0) is 19.2. The van der Waals surface area contributed by atoms with E-state index in [0.29, 0.717) is 22.7 Å². The van der Waals surface area contributed by atoms with Crippen LogP contribution in [0.4, 0.5) is 5.69 Å². The highest BCUT2D eigenvalue weighted by Gasteiger charge is 2.13. The van der Waals surface area contributed by atoms with Gasteiger partial charge in [0, 0.05) is 23.3 Å². The fourth-order valence-corrected chi connectivity index (χ4v) is 2.32. The Labute approximate surface area is 153 Å². The highest BCUT2D eigenvalue weighted by molar-refractivity contribution is 5.73. The molecule has 0 unspecified atom stereocenters. The number of para-hydroxylation sites is 1. The minimum atomic E-state index is -0.481. The molecule has 0 aliphatic rings. The van der Waals surface area contributed by atoms with Crippen LogP contribution in [0.15, 0.2) is 53.1 Å². The van der Waals surface area contributed by atoms with E-state index in [0.717, 1.165) is 0 Å². The predicted octanol–water partition coefficient (Wildman–Crippen LogP) is 2.94. The lowest BCUT2D eigenvalue weighted by Crippen LogP contribution is -2.06. The summed E-state index contributed by atoms with van der Waals surface area (Å²) in [6.07, 6.45) is 0.0878. The Hall–Kier alpha value is -3.75. The molecule has 3 aromatic rings. The molecule has 1 aromatic heterocycles. The molecule has 0 saturated heterocycles. The van der Waals surface area contributed by atoms with Gasteiger partial charge in [0.1, 0.15) is 5.75 Å². The van der Waals surface area contributed by atoms with Gasteiger partial charge in [0.2, 0.25) is 5.82 Å². The van der Waals surface area contributed by atoms with Crippen LogP contribution in [0.1, 0.15) is 11.5 Å². The molecule has 3 rings (SSSR count). The van der Waals surface area contributed by atoms with E-state index in [1.54, 1.807) is 36.4 Å². The molecule has 0 aliphatic carbocycles. The van der Waals surface area contributed by atoms with Crippen molar-refractivity contribution in [3.05, 3.63) is 70.1 Å². The molecular formula is C18H15N3O6. The van der Waals surface area contributed by atoms with E-state index in [9.17, 15) is 14.9 Å². The molecule has 0 bridgehead atoms. The van der Waals surface area contributed by atoms with Crippen LogP contribution >= 0.6 is 0 Å². The smallest absolute Gasteiger partial charge is 0.310 e. The quantitative estimate of drug-likeness (QED) is 0.354. The number of rotatable bonds is 7. The molecule has 0 aliphatic heterocycles. The highest BCUT2D eigenvalue weighted by atomic mass is 16.6. The minimum absolute atomic E-state index is 0.0121. The molecule has 9 nitrogen and oxygen atoms in total. The molecule has 0 atom stereocenters. The zero-order valence-electron chi connectivity index (χ0n) is 14.3. The number of carbonyl (C=O) groups is 1. The summed E-state index contributed by atoms with van der Waals surface area (Å²) in [6.45, 7) is 0.0121. The second-order valence-corrected chi connectivity index (χ2v) is 5.47. The van der Waals surface area contributed by atoms with Crippen molar-refractivity contribution in [2.45, 2.75) is 13.0 Å². The summed E-state index contributed by atoms with van der Waals surface area (Å²) in [5, 5.41) is 14.5. The van der Waals surface area contributed by atoms with Gasteiger partial charge in [0.25, 0.3) is 11.6 Å². The number of esters is 1. The lowest BCUT2D eigenvalue weighted by Gasteiger charge is -2.08. The van der Waals surface area contributed by atoms with Crippen molar-refractivity contribution >= 4 is 11.7 Å². The average Bonchev–Trinajstić information content (AvgIpc) is 3.16. The topological polar surface area (TPSA) is 118 Å². The summed E-state index contributed by atoms with van der Waals surface area (Å²) in [6, 6.07) is 12.9. The lowest BCUT2D eigenvalue weighted by molar-refractivity contribution is -0.384. The van der Waals surface area contributed by atoms with Gasteiger partial charge in [-0.1, -0.05) is 23.4 Å². The number of carbonyl (C=O) groups excluding carboxylic acids is 1. The summed E-state index contributed by atoms with van der Waals surface area (Å²) in [5.74, 6) is 0.671. The fourth-order valence-electron chi connectivity index (χ4n) is 2.32. The molecule has 2 aromatic carbocycles. The third-order valence-corrected chi connectivity index (χ3v) is 3.69. The van der Waals surface area contributed by atoms with E-state index < -0.39 is 4.92 Å². The van der Waals surface area contributed by atoms with Crippen LogP contribution in [0.3, 0.4) is 0 Å². The molecule has 27 heavy (non-hydrogen) atoms. The van der Waals surface area contributed by atoms with Crippen LogP contribution in [0.2, 0.25) is 0 Å². The van der Waals surface area contributed by atoms with E-state index in [-0.39, 0.29) is 30.6 Å². The van der Waals surface area contributed by atoms with Crippen molar-refractivity contribution in [2.75, 3.05) is 7.11 Å². The number of benzene rings is 2. The van der Waals surface area contributed by atoms with Crippen LogP contribution in [0.25, 0.3) is 11.4 Å². The second kappa shape index (κ2) is 8.09. The van der Waals surface area contributed by atoms with Crippen molar-refractivity contribution in [1.82, 2.24) is 10.1 Å². The van der Waals surface area contributed by atoms with Gasteiger partial charge in [-0.05, 0) is 18.2 Å². The molecule has 0 radical (unpaired) electrons. The summed E-state index contributed by atoms with van der Waals surface area (Å²) < 4.78 is 15.5. The van der Waals surface area contributed by atoms with Gasteiger partial charge in [-0.3, -0.25) is 14.9 Å². The minimum Gasteiger partial charge on any atom is -0.483 e. The van der Waals surface area contributed by atoms with Crippen LogP contribution in [0, 0.1) is 10.1 Å². The maximum atomic E-state index is 11.5. The Morgan fingerprint density at radius 2 is 1.93 bits per heavy atom. The average molecular weight is 369 g/mol. The SMILES string of the molecule is COC(=O)Cc1ccccc1OCc1nc(-c2ccc([N+](=O)[O-])cc2)no1. The Morgan fingerprint density at radius 1 is 1.19 bits per heavy atom. The summed E-state index contributed by atoms with van der Waals surface area (Å²) in [4.78, 5) is 25.9. The Kier molecular flexibility index (Phi) is 5.41. The summed E-state index contributed by atoms with van der Waals surface area (Å²) in [5.41, 5.74) is 1.24. The van der Waals surface area contributed by atoms with E-state index in [2.05, 4.69) is 14.9 Å². The van der Waals surface area contributed by atoms with Crippen molar-refractivity contribution in [2.24, 2.45) is 0 Å².